The summed E-state index contributed by atoms with van der Waals surface area (Å²) in [6, 6.07) is 13.6. The number of rotatable bonds is 5. The molecule has 2 aromatic rings. The van der Waals surface area contributed by atoms with Crippen molar-refractivity contribution < 1.29 is 9.53 Å². The Bertz CT molecular complexity index is 829. The van der Waals surface area contributed by atoms with Gasteiger partial charge in [-0.3, -0.25) is 4.79 Å². The molecular weight excluding hydrogens is 349 g/mol. The largest absolute Gasteiger partial charge is 0.482 e. The van der Waals surface area contributed by atoms with Crippen LogP contribution >= 0.6 is 23.2 Å². The van der Waals surface area contributed by atoms with E-state index in [0.29, 0.717) is 32.6 Å². The second kappa shape index (κ2) is 8.34. The fourth-order valence-corrected chi connectivity index (χ4v) is 2.27. The number of nitrogens with zero attached hydrogens (tertiary/aromatic N) is 2. The first-order valence-corrected chi connectivity index (χ1v) is 7.67. The normalized spacial score (nSPS) is 10.8. The molecule has 0 heterocycles. The molecule has 1 N–H and O–H groups in total. The Labute approximate surface area is 149 Å². The summed E-state index contributed by atoms with van der Waals surface area (Å²) in [4.78, 5) is 11.8. The van der Waals surface area contributed by atoms with Gasteiger partial charge in [-0.15, -0.1) is 0 Å². The van der Waals surface area contributed by atoms with Crippen LogP contribution in [-0.4, -0.2) is 18.2 Å². The van der Waals surface area contributed by atoms with E-state index >= 15 is 0 Å². The van der Waals surface area contributed by atoms with Crippen molar-refractivity contribution in [3.63, 3.8) is 0 Å². The van der Waals surface area contributed by atoms with Crippen molar-refractivity contribution in [2.24, 2.45) is 5.10 Å². The van der Waals surface area contributed by atoms with Gasteiger partial charge >= 0.3 is 0 Å². The van der Waals surface area contributed by atoms with Gasteiger partial charge in [-0.05, 0) is 37.3 Å². The van der Waals surface area contributed by atoms with Gasteiger partial charge in [-0.2, -0.15) is 10.4 Å². The molecule has 0 aromatic heterocycles. The summed E-state index contributed by atoms with van der Waals surface area (Å²) in [5.41, 5.74) is 3.86. The van der Waals surface area contributed by atoms with Crippen LogP contribution in [0.15, 0.2) is 47.6 Å². The van der Waals surface area contributed by atoms with Gasteiger partial charge in [0.15, 0.2) is 6.61 Å². The van der Waals surface area contributed by atoms with Crippen LogP contribution < -0.4 is 10.2 Å². The lowest BCUT2D eigenvalue weighted by atomic mass is 10.1. The molecule has 0 saturated heterocycles. The highest BCUT2D eigenvalue weighted by Gasteiger charge is 2.08. The van der Waals surface area contributed by atoms with Gasteiger partial charge in [0.1, 0.15) is 11.8 Å². The van der Waals surface area contributed by atoms with Gasteiger partial charge in [0, 0.05) is 15.6 Å². The average Bonchev–Trinajstić information content (AvgIpc) is 2.60. The summed E-state index contributed by atoms with van der Waals surface area (Å²) in [6.45, 7) is 1.43. The van der Waals surface area contributed by atoms with Crippen LogP contribution in [0.5, 0.6) is 5.75 Å². The van der Waals surface area contributed by atoms with Gasteiger partial charge < -0.3 is 4.74 Å². The molecule has 0 spiro atoms. The van der Waals surface area contributed by atoms with Gasteiger partial charge in [0.05, 0.1) is 11.3 Å². The maximum atomic E-state index is 11.8. The fourth-order valence-electron chi connectivity index (χ4n) is 1.84. The molecule has 7 heteroatoms. The SMILES string of the molecule is C/C(=N\NC(=O)COc1ccccc1C#N)c1cc(Cl)ccc1Cl. The van der Waals surface area contributed by atoms with E-state index in [1.165, 1.54) is 0 Å². The predicted molar refractivity (Wildman–Crippen MR) is 93.5 cm³/mol. The van der Waals surface area contributed by atoms with Crippen LogP contribution in [0.4, 0.5) is 0 Å². The molecule has 2 aromatic carbocycles. The molecule has 1 amide bonds. The Morgan fingerprint density at radius 1 is 1.29 bits per heavy atom. The molecule has 0 aliphatic carbocycles. The monoisotopic (exact) mass is 361 g/mol. The second-order valence-electron chi connectivity index (χ2n) is 4.75. The summed E-state index contributed by atoms with van der Waals surface area (Å²) < 4.78 is 5.32. The average molecular weight is 362 g/mol. The van der Waals surface area contributed by atoms with Crippen molar-refractivity contribution in [1.29, 1.82) is 5.26 Å². The summed E-state index contributed by atoms with van der Waals surface area (Å²) in [7, 11) is 0. The molecule has 0 saturated carbocycles. The molecule has 0 bridgehead atoms. The molecule has 0 atom stereocenters. The van der Waals surface area contributed by atoms with E-state index in [1.54, 1.807) is 49.4 Å². The third-order valence-electron chi connectivity index (χ3n) is 3.03. The Hall–Kier alpha value is -2.55. The van der Waals surface area contributed by atoms with Crippen molar-refractivity contribution in [2.75, 3.05) is 6.61 Å². The van der Waals surface area contributed by atoms with Gasteiger partial charge in [-0.25, -0.2) is 5.43 Å². The van der Waals surface area contributed by atoms with Crippen LogP contribution in [0.1, 0.15) is 18.1 Å². The molecular formula is C17H13Cl2N3O2. The lowest BCUT2D eigenvalue weighted by Gasteiger charge is -2.07. The fraction of sp³-hybridized carbons (Fsp3) is 0.118. The maximum absolute atomic E-state index is 11.8. The van der Waals surface area contributed by atoms with Crippen LogP contribution in [-0.2, 0) is 4.79 Å². The molecule has 0 aliphatic rings. The number of hydrazone groups is 1. The number of nitrogens with one attached hydrogen (secondary N) is 1. The Kier molecular flexibility index (Phi) is 6.19. The Morgan fingerprint density at radius 3 is 2.79 bits per heavy atom. The minimum atomic E-state index is -0.458. The minimum Gasteiger partial charge on any atom is -0.482 e. The maximum Gasteiger partial charge on any atom is 0.277 e. The highest BCUT2D eigenvalue weighted by molar-refractivity contribution is 6.36. The van der Waals surface area contributed by atoms with Crippen LogP contribution in [0.25, 0.3) is 0 Å². The number of nitriles is 1. The molecule has 5 nitrogen and oxygen atoms in total. The van der Waals surface area contributed by atoms with Gasteiger partial charge in [0.25, 0.3) is 5.91 Å². The van der Waals surface area contributed by atoms with Crippen molar-refractivity contribution >= 4 is 34.8 Å². The smallest absolute Gasteiger partial charge is 0.277 e. The second-order valence-corrected chi connectivity index (χ2v) is 5.60. The molecule has 122 valence electrons. The number of amides is 1. The van der Waals surface area contributed by atoms with Gasteiger partial charge in [0.2, 0.25) is 0 Å². The van der Waals surface area contributed by atoms with E-state index < -0.39 is 5.91 Å². The van der Waals surface area contributed by atoms with Crippen LogP contribution in [0, 0.1) is 11.3 Å². The summed E-state index contributed by atoms with van der Waals surface area (Å²) in [5, 5.41) is 13.9. The number of benzene rings is 2. The van der Waals surface area contributed by atoms with E-state index in [4.69, 9.17) is 33.2 Å². The molecule has 0 radical (unpaired) electrons. The summed E-state index contributed by atoms with van der Waals surface area (Å²) in [6.07, 6.45) is 0. The molecule has 0 aliphatic heterocycles. The van der Waals surface area contributed by atoms with Gasteiger partial charge in [-0.1, -0.05) is 35.3 Å². The predicted octanol–water partition coefficient (Wildman–Crippen LogP) is 3.78. The minimum absolute atomic E-state index is 0.265. The number of hydrogen-bond acceptors (Lipinski definition) is 4. The topological polar surface area (TPSA) is 74.5 Å². The number of carbonyl (C=O) groups excluding carboxylic acids is 1. The highest BCUT2D eigenvalue weighted by Crippen LogP contribution is 2.21. The van der Waals surface area contributed by atoms with Crippen molar-refractivity contribution in [3.8, 4) is 11.8 Å². The van der Waals surface area contributed by atoms with E-state index in [9.17, 15) is 4.79 Å². The van der Waals surface area contributed by atoms with E-state index in [2.05, 4.69) is 10.5 Å². The molecule has 0 unspecified atom stereocenters. The van der Waals surface area contributed by atoms with Crippen molar-refractivity contribution in [3.05, 3.63) is 63.6 Å². The zero-order chi connectivity index (χ0) is 17.5. The number of ether oxygens (including phenoxy) is 1. The quantitative estimate of drug-likeness (QED) is 0.650. The molecule has 2 rings (SSSR count). The highest BCUT2D eigenvalue weighted by atomic mass is 35.5. The Balaban J connectivity index is 1.97. The third kappa shape index (κ3) is 4.72. The summed E-state index contributed by atoms with van der Waals surface area (Å²) >= 11 is 12.0. The molecule has 0 fully saturated rings. The van der Waals surface area contributed by atoms with E-state index in [0.717, 1.165) is 0 Å². The number of hydrogen-bond donors (Lipinski definition) is 1. The zero-order valence-electron chi connectivity index (χ0n) is 12.7. The summed E-state index contributed by atoms with van der Waals surface area (Å²) in [5.74, 6) is -0.117. The van der Waals surface area contributed by atoms with E-state index in [1.807, 2.05) is 6.07 Å². The molecule has 24 heavy (non-hydrogen) atoms. The van der Waals surface area contributed by atoms with E-state index in [-0.39, 0.29) is 6.61 Å². The number of halogens is 2. The zero-order valence-corrected chi connectivity index (χ0v) is 14.2. The van der Waals surface area contributed by atoms with Crippen molar-refractivity contribution in [2.45, 2.75) is 6.92 Å². The Morgan fingerprint density at radius 2 is 2.04 bits per heavy atom. The first-order chi connectivity index (χ1) is 11.5. The van der Waals surface area contributed by atoms with Crippen LogP contribution in [0.2, 0.25) is 10.0 Å². The van der Waals surface area contributed by atoms with Crippen LogP contribution in [0.3, 0.4) is 0 Å². The number of para-hydroxylation sites is 1. The number of carbonyl (C=O) groups is 1. The lowest BCUT2D eigenvalue weighted by Crippen LogP contribution is -2.25. The first-order valence-electron chi connectivity index (χ1n) is 6.91. The first kappa shape index (κ1) is 17.8. The van der Waals surface area contributed by atoms with Crippen molar-refractivity contribution in [1.82, 2.24) is 5.43 Å². The third-order valence-corrected chi connectivity index (χ3v) is 3.60. The lowest BCUT2D eigenvalue weighted by molar-refractivity contribution is -0.123. The standard InChI is InChI=1S/C17H13Cl2N3O2/c1-11(14-8-13(18)6-7-15(14)19)21-22-17(23)10-24-16-5-3-2-4-12(16)9-20/h2-8H,10H2,1H3,(H,22,23)/b21-11+.